The Morgan fingerprint density at radius 3 is 2.23 bits per heavy atom. The van der Waals surface area contributed by atoms with E-state index in [4.69, 9.17) is 0 Å². The molecule has 1 heterocycles. The number of carbonyl (C=O) groups excluding carboxylic acids is 2. The Labute approximate surface area is 226 Å². The number of anilines is 1. The van der Waals surface area contributed by atoms with Crippen LogP contribution in [0.1, 0.15) is 48.1 Å². The molecule has 4 rings (SSSR count). The smallest absolute Gasteiger partial charge is 0.326 e. The molecule has 1 aliphatic heterocycles. The molecule has 0 spiro atoms. The molecule has 5 nitrogen and oxygen atoms in total. The van der Waals surface area contributed by atoms with E-state index in [1.54, 1.807) is 54.6 Å². The fourth-order valence-electron chi connectivity index (χ4n) is 4.49. The van der Waals surface area contributed by atoms with Crippen LogP contribution in [0.3, 0.4) is 0 Å². The zero-order valence-corrected chi connectivity index (χ0v) is 21.5. The number of hydrogen-bond donors (Lipinski definition) is 1. The molecule has 0 radical (unpaired) electrons. The van der Waals surface area contributed by atoms with Crippen LogP contribution in [0.25, 0.3) is 0 Å². The Morgan fingerprint density at radius 1 is 0.950 bits per heavy atom. The van der Waals surface area contributed by atoms with Gasteiger partial charge in [0.2, 0.25) is 12.1 Å². The molecule has 210 valence electrons. The van der Waals surface area contributed by atoms with Crippen LogP contribution < -0.4 is 10.2 Å². The van der Waals surface area contributed by atoms with Crippen molar-refractivity contribution >= 4 is 23.2 Å². The number of aliphatic imine (C=N–C) groups is 1. The van der Waals surface area contributed by atoms with Crippen LogP contribution in [-0.4, -0.2) is 29.7 Å². The number of nitrogens with zero attached hydrogens (tertiary/aromatic N) is 2. The van der Waals surface area contributed by atoms with E-state index in [-0.39, 0.29) is 12.1 Å². The summed E-state index contributed by atoms with van der Waals surface area (Å²) in [4.78, 5) is 32.8. The molecular formula is C29H25F6N3O2. The summed E-state index contributed by atoms with van der Waals surface area (Å²) in [6.45, 7) is 3.69. The molecule has 0 saturated heterocycles. The van der Waals surface area contributed by atoms with Gasteiger partial charge in [0.1, 0.15) is 0 Å². The standard InChI is InChI=1S/C29H25F6N3O2/c1-3-17(2)38-23-12-8-7-11-21(23)25(18-9-5-4-6-10-18)37-26(27(38)40)36-24(39)15-19-13-14-20(28(30,31)32)16-22(19)29(33,34)35/h4-14,16-17,26H,3,15H2,1-2H3,(H,36,39)/t17-,26+/m1/s1. The number of fused-ring (bicyclic) bond motifs is 1. The summed E-state index contributed by atoms with van der Waals surface area (Å²) in [5.41, 5.74) is -1.49. The number of alkyl halides is 6. The summed E-state index contributed by atoms with van der Waals surface area (Å²) in [6, 6.07) is 16.7. The lowest BCUT2D eigenvalue weighted by molar-refractivity contribution is -0.143. The minimum atomic E-state index is -5.14. The molecule has 2 atom stereocenters. The third kappa shape index (κ3) is 6.03. The molecule has 2 amide bonds. The van der Waals surface area contributed by atoms with Crippen molar-refractivity contribution in [3.8, 4) is 0 Å². The first kappa shape index (κ1) is 28.8. The zero-order valence-electron chi connectivity index (χ0n) is 21.5. The highest BCUT2D eigenvalue weighted by molar-refractivity contribution is 6.20. The van der Waals surface area contributed by atoms with Gasteiger partial charge in [0.05, 0.1) is 28.9 Å². The van der Waals surface area contributed by atoms with Gasteiger partial charge < -0.3 is 10.2 Å². The molecular weight excluding hydrogens is 536 g/mol. The summed E-state index contributed by atoms with van der Waals surface area (Å²) in [5, 5.41) is 2.42. The van der Waals surface area contributed by atoms with E-state index in [9.17, 15) is 35.9 Å². The lowest BCUT2D eigenvalue weighted by Crippen LogP contribution is -2.50. The number of benzodiazepines with no additional fused rings is 1. The maximum Gasteiger partial charge on any atom is 0.416 e. The van der Waals surface area contributed by atoms with Crippen molar-refractivity contribution in [2.24, 2.45) is 4.99 Å². The number of benzene rings is 3. The number of halogens is 6. The monoisotopic (exact) mass is 561 g/mol. The van der Waals surface area contributed by atoms with Gasteiger partial charge >= 0.3 is 12.4 Å². The van der Waals surface area contributed by atoms with Crippen molar-refractivity contribution in [2.45, 2.75) is 51.2 Å². The molecule has 0 bridgehead atoms. The van der Waals surface area contributed by atoms with Gasteiger partial charge in [-0.05, 0) is 37.1 Å². The average molecular weight is 562 g/mol. The van der Waals surface area contributed by atoms with Crippen LogP contribution in [0.4, 0.5) is 32.0 Å². The maximum atomic E-state index is 13.8. The zero-order chi connectivity index (χ0) is 29.2. The lowest BCUT2D eigenvalue weighted by atomic mass is 9.99. The van der Waals surface area contributed by atoms with Gasteiger partial charge in [0.15, 0.2) is 0 Å². The number of carbonyl (C=O) groups is 2. The van der Waals surface area contributed by atoms with E-state index in [0.717, 1.165) is 0 Å². The molecule has 0 unspecified atom stereocenters. The van der Waals surface area contributed by atoms with Crippen LogP contribution in [0.5, 0.6) is 0 Å². The highest BCUT2D eigenvalue weighted by atomic mass is 19.4. The van der Waals surface area contributed by atoms with Gasteiger partial charge in [-0.1, -0.05) is 61.5 Å². The van der Waals surface area contributed by atoms with Gasteiger partial charge in [-0.25, -0.2) is 4.99 Å². The fourth-order valence-corrected chi connectivity index (χ4v) is 4.49. The van der Waals surface area contributed by atoms with E-state index in [1.165, 1.54) is 4.90 Å². The van der Waals surface area contributed by atoms with Crippen LogP contribution >= 0.6 is 0 Å². The van der Waals surface area contributed by atoms with Crippen LogP contribution in [0.15, 0.2) is 77.8 Å². The number of nitrogens with one attached hydrogen (secondary N) is 1. The summed E-state index contributed by atoms with van der Waals surface area (Å²) in [7, 11) is 0. The molecule has 1 N–H and O–H groups in total. The van der Waals surface area contributed by atoms with Crippen molar-refractivity contribution in [2.75, 3.05) is 4.90 Å². The quantitative estimate of drug-likeness (QED) is 0.355. The molecule has 40 heavy (non-hydrogen) atoms. The summed E-state index contributed by atoms with van der Waals surface area (Å²) < 4.78 is 80.1. The molecule has 3 aromatic carbocycles. The Morgan fingerprint density at radius 2 is 1.60 bits per heavy atom. The fraction of sp³-hybridized carbons (Fsp3) is 0.276. The van der Waals surface area contributed by atoms with Gasteiger partial charge in [-0.15, -0.1) is 0 Å². The van der Waals surface area contributed by atoms with Gasteiger partial charge in [-0.2, -0.15) is 26.3 Å². The Kier molecular flexibility index (Phi) is 8.04. The van der Waals surface area contributed by atoms with E-state index >= 15 is 0 Å². The Bertz CT molecular complexity index is 1430. The summed E-state index contributed by atoms with van der Waals surface area (Å²) >= 11 is 0. The van der Waals surface area contributed by atoms with Crippen LogP contribution in [0.2, 0.25) is 0 Å². The normalized spacial score (nSPS) is 16.6. The number of amides is 2. The topological polar surface area (TPSA) is 61.8 Å². The molecule has 0 saturated carbocycles. The molecule has 0 fully saturated rings. The molecule has 0 aliphatic carbocycles. The Balaban J connectivity index is 1.74. The van der Waals surface area contributed by atoms with Gasteiger partial charge in [-0.3, -0.25) is 9.59 Å². The maximum absolute atomic E-state index is 13.8. The average Bonchev–Trinajstić information content (AvgIpc) is 3.02. The van der Waals surface area contributed by atoms with E-state index in [0.29, 0.717) is 41.1 Å². The molecule has 3 aromatic rings. The number of rotatable bonds is 6. The van der Waals surface area contributed by atoms with Crippen molar-refractivity contribution in [1.82, 2.24) is 5.32 Å². The number of para-hydroxylation sites is 1. The second-order valence-electron chi connectivity index (χ2n) is 9.34. The van der Waals surface area contributed by atoms with E-state index in [2.05, 4.69) is 10.3 Å². The first-order valence-electron chi connectivity index (χ1n) is 12.4. The lowest BCUT2D eigenvalue weighted by Gasteiger charge is -2.30. The first-order chi connectivity index (χ1) is 18.8. The SMILES string of the molecule is CC[C@@H](C)N1C(=O)[C@@H](NC(=O)Cc2ccc(C(F)(F)F)cc2C(F)(F)F)N=C(c2ccccc2)c2ccccc21. The summed E-state index contributed by atoms with van der Waals surface area (Å²) in [6.07, 6.45) is -12.0. The third-order valence-electron chi connectivity index (χ3n) is 6.62. The summed E-state index contributed by atoms with van der Waals surface area (Å²) in [5.74, 6) is -1.60. The van der Waals surface area contributed by atoms with E-state index in [1.807, 2.05) is 13.8 Å². The highest BCUT2D eigenvalue weighted by Crippen LogP contribution is 2.37. The van der Waals surface area contributed by atoms with Crippen LogP contribution in [-0.2, 0) is 28.4 Å². The minimum absolute atomic E-state index is 0.0214. The van der Waals surface area contributed by atoms with Crippen molar-refractivity contribution in [3.63, 3.8) is 0 Å². The Hall–Kier alpha value is -4.15. The van der Waals surface area contributed by atoms with Crippen LogP contribution in [0, 0.1) is 0 Å². The predicted molar refractivity (Wildman–Crippen MR) is 138 cm³/mol. The largest absolute Gasteiger partial charge is 0.416 e. The third-order valence-corrected chi connectivity index (χ3v) is 6.62. The first-order valence-corrected chi connectivity index (χ1v) is 12.4. The van der Waals surface area contributed by atoms with Crippen molar-refractivity contribution in [1.29, 1.82) is 0 Å². The highest BCUT2D eigenvalue weighted by Gasteiger charge is 2.39. The second kappa shape index (κ2) is 11.1. The van der Waals surface area contributed by atoms with Gasteiger partial charge in [0.25, 0.3) is 5.91 Å². The van der Waals surface area contributed by atoms with Crippen molar-refractivity contribution in [3.05, 3.63) is 101 Å². The second-order valence-corrected chi connectivity index (χ2v) is 9.34. The predicted octanol–water partition coefficient (Wildman–Crippen LogP) is 6.39. The molecule has 1 aliphatic rings. The minimum Gasteiger partial charge on any atom is -0.326 e. The number of hydrogen-bond acceptors (Lipinski definition) is 3. The molecule has 0 aromatic heterocycles. The van der Waals surface area contributed by atoms with Gasteiger partial charge in [0, 0.05) is 17.2 Å². The van der Waals surface area contributed by atoms with Crippen molar-refractivity contribution < 1.29 is 35.9 Å². The molecule has 11 heteroatoms. The van der Waals surface area contributed by atoms with E-state index < -0.39 is 53.4 Å².